The average Bonchev–Trinajstić information content (AvgIpc) is 2.46. The van der Waals surface area contributed by atoms with Gasteiger partial charge in [-0.1, -0.05) is 36.4 Å². The standard InChI is InChI=1S/C15H15NO5/c16-11(14(17)18)8-13(15(19)20)21-12-7-3-5-9-4-1-2-6-10(9)12/h1-7,11,13H,8,16H2,(H,17,18)(H,19,20)/t11-,13?/m0/s1. The van der Waals surface area contributed by atoms with Crippen LogP contribution in [0.4, 0.5) is 0 Å². The third-order valence-corrected chi connectivity index (χ3v) is 3.08. The van der Waals surface area contributed by atoms with Gasteiger partial charge in [-0.2, -0.15) is 0 Å². The van der Waals surface area contributed by atoms with Crippen LogP contribution in [0.5, 0.6) is 5.75 Å². The minimum absolute atomic E-state index is 0.312. The Labute approximate surface area is 120 Å². The summed E-state index contributed by atoms with van der Waals surface area (Å²) in [5.74, 6) is -2.12. The molecule has 1 unspecified atom stereocenters. The van der Waals surface area contributed by atoms with E-state index in [-0.39, 0.29) is 6.42 Å². The van der Waals surface area contributed by atoms with Gasteiger partial charge >= 0.3 is 11.9 Å². The minimum atomic E-state index is -1.32. The van der Waals surface area contributed by atoms with E-state index in [0.29, 0.717) is 5.75 Å². The van der Waals surface area contributed by atoms with E-state index in [0.717, 1.165) is 10.8 Å². The maximum Gasteiger partial charge on any atom is 0.344 e. The minimum Gasteiger partial charge on any atom is -0.480 e. The van der Waals surface area contributed by atoms with E-state index in [2.05, 4.69) is 0 Å². The number of fused-ring (bicyclic) bond motifs is 1. The van der Waals surface area contributed by atoms with Crippen LogP contribution in [0, 0.1) is 0 Å². The van der Waals surface area contributed by atoms with Crippen LogP contribution in [0.3, 0.4) is 0 Å². The molecule has 0 fully saturated rings. The van der Waals surface area contributed by atoms with Crippen LogP contribution in [0.1, 0.15) is 6.42 Å². The lowest BCUT2D eigenvalue weighted by atomic mass is 10.1. The van der Waals surface area contributed by atoms with Gasteiger partial charge in [0.1, 0.15) is 11.8 Å². The molecular weight excluding hydrogens is 274 g/mol. The van der Waals surface area contributed by atoms with Crippen molar-refractivity contribution < 1.29 is 24.5 Å². The van der Waals surface area contributed by atoms with Gasteiger partial charge in [-0.3, -0.25) is 4.79 Å². The van der Waals surface area contributed by atoms with Gasteiger partial charge in [0.15, 0.2) is 6.10 Å². The molecule has 0 spiro atoms. The van der Waals surface area contributed by atoms with Gasteiger partial charge in [0.05, 0.1) is 0 Å². The van der Waals surface area contributed by atoms with Crippen molar-refractivity contribution in [2.45, 2.75) is 18.6 Å². The number of rotatable bonds is 6. The zero-order chi connectivity index (χ0) is 15.4. The van der Waals surface area contributed by atoms with Crippen molar-refractivity contribution in [2.24, 2.45) is 5.73 Å². The molecule has 0 radical (unpaired) electrons. The van der Waals surface area contributed by atoms with E-state index in [9.17, 15) is 9.59 Å². The van der Waals surface area contributed by atoms with Crippen molar-refractivity contribution in [3.05, 3.63) is 42.5 Å². The first-order valence-corrected chi connectivity index (χ1v) is 6.34. The molecule has 0 heterocycles. The van der Waals surface area contributed by atoms with Crippen LogP contribution < -0.4 is 10.5 Å². The lowest BCUT2D eigenvalue weighted by Gasteiger charge is -2.18. The quantitative estimate of drug-likeness (QED) is 0.743. The van der Waals surface area contributed by atoms with Crippen molar-refractivity contribution in [3.63, 3.8) is 0 Å². The molecule has 110 valence electrons. The Kier molecular flexibility index (Phi) is 4.39. The second kappa shape index (κ2) is 6.23. The normalized spacial score (nSPS) is 13.6. The Morgan fingerprint density at radius 2 is 1.71 bits per heavy atom. The van der Waals surface area contributed by atoms with Gasteiger partial charge in [0.25, 0.3) is 0 Å². The summed E-state index contributed by atoms with van der Waals surface area (Å²) in [6.45, 7) is 0. The number of carboxylic acid groups (broad SMARTS) is 2. The maximum atomic E-state index is 11.2. The van der Waals surface area contributed by atoms with Gasteiger partial charge < -0.3 is 20.7 Å². The summed E-state index contributed by atoms with van der Waals surface area (Å²) < 4.78 is 5.47. The highest BCUT2D eigenvalue weighted by Gasteiger charge is 2.26. The van der Waals surface area contributed by atoms with Gasteiger partial charge in [0.2, 0.25) is 0 Å². The van der Waals surface area contributed by atoms with Crippen LogP contribution in [-0.4, -0.2) is 34.3 Å². The Balaban J connectivity index is 2.27. The molecule has 0 bridgehead atoms. The average molecular weight is 289 g/mol. The van der Waals surface area contributed by atoms with E-state index in [4.69, 9.17) is 20.7 Å². The highest BCUT2D eigenvalue weighted by molar-refractivity contribution is 5.88. The molecule has 4 N–H and O–H groups in total. The highest BCUT2D eigenvalue weighted by Crippen LogP contribution is 2.26. The monoisotopic (exact) mass is 289 g/mol. The van der Waals surface area contributed by atoms with E-state index >= 15 is 0 Å². The van der Waals surface area contributed by atoms with Crippen LogP contribution in [-0.2, 0) is 9.59 Å². The van der Waals surface area contributed by atoms with E-state index in [1.165, 1.54) is 0 Å². The molecule has 0 aliphatic rings. The molecule has 0 saturated heterocycles. The summed E-state index contributed by atoms with van der Waals surface area (Å²) in [5, 5.41) is 19.6. The Hall–Kier alpha value is -2.60. The Morgan fingerprint density at radius 3 is 2.38 bits per heavy atom. The van der Waals surface area contributed by atoms with Crippen molar-refractivity contribution in [3.8, 4) is 5.75 Å². The molecule has 2 atom stereocenters. The summed E-state index contributed by atoms with van der Waals surface area (Å²) in [7, 11) is 0. The fourth-order valence-electron chi connectivity index (χ4n) is 1.98. The molecule has 0 aromatic heterocycles. The third kappa shape index (κ3) is 3.49. The van der Waals surface area contributed by atoms with Crippen LogP contribution in [0.2, 0.25) is 0 Å². The topological polar surface area (TPSA) is 110 Å². The third-order valence-electron chi connectivity index (χ3n) is 3.08. The molecule has 6 heteroatoms. The number of carboxylic acids is 2. The first-order valence-electron chi connectivity index (χ1n) is 6.34. The number of benzene rings is 2. The molecular formula is C15H15NO5. The number of aliphatic carboxylic acids is 2. The SMILES string of the molecule is N[C@@H](CC(Oc1cccc2ccccc12)C(=O)O)C(=O)O. The van der Waals surface area contributed by atoms with Gasteiger partial charge in [-0.15, -0.1) is 0 Å². The van der Waals surface area contributed by atoms with Crippen LogP contribution >= 0.6 is 0 Å². The molecule has 0 aliphatic heterocycles. The molecule has 0 saturated carbocycles. The smallest absolute Gasteiger partial charge is 0.344 e. The predicted molar refractivity (Wildman–Crippen MR) is 76.2 cm³/mol. The summed E-state index contributed by atoms with van der Waals surface area (Å²) in [5.41, 5.74) is 5.38. The summed E-state index contributed by atoms with van der Waals surface area (Å²) in [6.07, 6.45) is -1.63. The molecule has 6 nitrogen and oxygen atoms in total. The van der Waals surface area contributed by atoms with Crippen molar-refractivity contribution in [1.29, 1.82) is 0 Å². The zero-order valence-electron chi connectivity index (χ0n) is 11.1. The zero-order valence-corrected chi connectivity index (χ0v) is 11.1. The molecule has 2 aromatic carbocycles. The fraction of sp³-hybridized carbons (Fsp3) is 0.200. The summed E-state index contributed by atoms with van der Waals surface area (Å²) in [6, 6.07) is 11.3. The highest BCUT2D eigenvalue weighted by atomic mass is 16.5. The van der Waals surface area contributed by atoms with Gasteiger partial charge in [-0.25, -0.2) is 4.79 Å². The molecule has 0 aliphatic carbocycles. The number of hydrogen-bond donors (Lipinski definition) is 3. The second-order valence-electron chi connectivity index (χ2n) is 4.60. The molecule has 2 aromatic rings. The lowest BCUT2D eigenvalue weighted by Crippen LogP contribution is -2.39. The van der Waals surface area contributed by atoms with E-state index in [1.54, 1.807) is 18.2 Å². The molecule has 2 rings (SSSR count). The van der Waals surface area contributed by atoms with Crippen LogP contribution in [0.15, 0.2) is 42.5 Å². The lowest BCUT2D eigenvalue weighted by molar-refractivity contribution is -0.146. The Bertz CT molecular complexity index is 665. The van der Waals surface area contributed by atoms with E-state index in [1.807, 2.05) is 24.3 Å². The van der Waals surface area contributed by atoms with Crippen LogP contribution in [0.25, 0.3) is 10.8 Å². The maximum absolute atomic E-state index is 11.2. The van der Waals surface area contributed by atoms with E-state index < -0.39 is 24.1 Å². The number of hydrogen-bond acceptors (Lipinski definition) is 4. The second-order valence-corrected chi connectivity index (χ2v) is 4.60. The summed E-state index contributed by atoms with van der Waals surface area (Å²) >= 11 is 0. The summed E-state index contributed by atoms with van der Waals surface area (Å²) in [4.78, 5) is 22.0. The molecule has 21 heavy (non-hydrogen) atoms. The van der Waals surface area contributed by atoms with Crippen molar-refractivity contribution in [1.82, 2.24) is 0 Å². The first kappa shape index (κ1) is 14.8. The van der Waals surface area contributed by atoms with Crippen molar-refractivity contribution >= 4 is 22.7 Å². The number of nitrogens with two attached hydrogens (primary N) is 1. The Morgan fingerprint density at radius 1 is 1.05 bits per heavy atom. The number of carbonyl (C=O) groups is 2. The van der Waals surface area contributed by atoms with Gasteiger partial charge in [0, 0.05) is 11.8 Å². The fourth-order valence-corrected chi connectivity index (χ4v) is 1.98. The largest absolute Gasteiger partial charge is 0.480 e. The molecule has 0 amide bonds. The number of ether oxygens (including phenoxy) is 1. The first-order chi connectivity index (χ1) is 9.99. The van der Waals surface area contributed by atoms with Gasteiger partial charge in [-0.05, 0) is 11.5 Å². The predicted octanol–water partition coefficient (Wildman–Crippen LogP) is 1.47. The van der Waals surface area contributed by atoms with Crippen molar-refractivity contribution in [2.75, 3.05) is 0 Å².